The maximum atomic E-state index is 12.9. The average Bonchev–Trinajstić information content (AvgIpc) is 2.79. The van der Waals surface area contributed by atoms with Crippen molar-refractivity contribution < 1.29 is 13.2 Å². The highest BCUT2D eigenvalue weighted by Crippen LogP contribution is 2.22. The van der Waals surface area contributed by atoms with Gasteiger partial charge in [0.25, 0.3) is 5.56 Å². The molecule has 1 aromatic carbocycles. The summed E-state index contributed by atoms with van der Waals surface area (Å²) >= 11 is 0. The smallest absolute Gasteiger partial charge is 0.330 e. The van der Waals surface area contributed by atoms with E-state index in [4.69, 9.17) is 5.73 Å². The summed E-state index contributed by atoms with van der Waals surface area (Å²) in [6.07, 6.45) is 4.20. The minimum absolute atomic E-state index is 0.0592. The second-order valence-electron chi connectivity index (χ2n) is 8.24. The summed E-state index contributed by atoms with van der Waals surface area (Å²) in [5.74, 6) is -0.476. The maximum absolute atomic E-state index is 12.9. The molecule has 0 aliphatic carbocycles. The molecule has 1 aliphatic rings. The summed E-state index contributed by atoms with van der Waals surface area (Å²) in [4.78, 5) is 40.9. The second kappa shape index (κ2) is 10.3. The zero-order valence-electron chi connectivity index (χ0n) is 19.0. The molecule has 11 heteroatoms. The monoisotopic (exact) mass is 477 g/mol. The summed E-state index contributed by atoms with van der Waals surface area (Å²) in [5.41, 5.74) is 5.24. The van der Waals surface area contributed by atoms with E-state index >= 15 is 0 Å². The number of benzene rings is 1. The molecule has 0 unspecified atom stereocenters. The van der Waals surface area contributed by atoms with Gasteiger partial charge >= 0.3 is 5.69 Å². The Bertz CT molecular complexity index is 1210. The molecule has 3 rings (SSSR count). The molecule has 0 radical (unpaired) electrons. The molecule has 1 fully saturated rings. The van der Waals surface area contributed by atoms with Crippen LogP contribution in [0.25, 0.3) is 0 Å². The lowest BCUT2D eigenvalue weighted by Gasteiger charge is -2.26. The van der Waals surface area contributed by atoms with Gasteiger partial charge in [0.2, 0.25) is 15.9 Å². The lowest BCUT2D eigenvalue weighted by Crippen LogP contribution is -2.39. The molecule has 33 heavy (non-hydrogen) atoms. The number of carbonyl (C=O) groups excluding carboxylic acids is 1. The van der Waals surface area contributed by atoms with Crippen molar-refractivity contribution >= 4 is 27.4 Å². The van der Waals surface area contributed by atoms with E-state index in [9.17, 15) is 22.8 Å². The van der Waals surface area contributed by atoms with Crippen molar-refractivity contribution in [2.75, 3.05) is 30.8 Å². The number of unbranched alkanes of at least 4 members (excludes halogenated alkanes) is 1. The van der Waals surface area contributed by atoms with Crippen molar-refractivity contribution in [1.29, 1.82) is 0 Å². The third-order valence-electron chi connectivity index (χ3n) is 5.89. The van der Waals surface area contributed by atoms with Gasteiger partial charge in [0.1, 0.15) is 5.82 Å². The van der Waals surface area contributed by atoms with E-state index in [0.29, 0.717) is 31.6 Å². The number of nitrogens with zero attached hydrogens (tertiary/aromatic N) is 3. The molecule has 3 N–H and O–H groups in total. The molecule has 1 saturated heterocycles. The Morgan fingerprint density at radius 3 is 2.36 bits per heavy atom. The van der Waals surface area contributed by atoms with E-state index in [2.05, 4.69) is 4.98 Å². The number of nitrogens with one attached hydrogen (secondary N) is 1. The zero-order valence-corrected chi connectivity index (χ0v) is 19.9. The standard InChI is InChI=1S/C22H31N5O5S/c1-3-4-14-27-20(23)19(21(29)24-22(27)30)25(2)18(28)15-16-8-10-17(11-9-16)33(31,32)26-12-6-5-7-13-26/h8-11H,3-7,12-15,23H2,1-2H3,(H,24,29,30). The highest BCUT2D eigenvalue weighted by atomic mass is 32.2. The van der Waals surface area contributed by atoms with E-state index in [-0.39, 0.29) is 22.8 Å². The number of hydrogen-bond donors (Lipinski definition) is 2. The van der Waals surface area contributed by atoms with Crippen molar-refractivity contribution in [2.45, 2.75) is 56.9 Å². The van der Waals surface area contributed by atoms with Crippen molar-refractivity contribution in [3.05, 3.63) is 50.7 Å². The first-order valence-electron chi connectivity index (χ1n) is 11.1. The fraction of sp³-hybridized carbons (Fsp3) is 0.500. The number of piperidine rings is 1. The summed E-state index contributed by atoms with van der Waals surface area (Å²) in [5, 5.41) is 0. The van der Waals surface area contributed by atoms with Gasteiger partial charge in [-0.15, -0.1) is 0 Å². The van der Waals surface area contributed by atoms with Crippen molar-refractivity contribution in [2.24, 2.45) is 0 Å². The van der Waals surface area contributed by atoms with Gasteiger partial charge in [0.05, 0.1) is 11.3 Å². The predicted octanol–water partition coefficient (Wildman–Crippen LogP) is 1.30. The van der Waals surface area contributed by atoms with Crippen LogP contribution in [0.2, 0.25) is 0 Å². The number of aromatic nitrogens is 2. The van der Waals surface area contributed by atoms with Gasteiger partial charge in [-0.25, -0.2) is 13.2 Å². The molecule has 0 saturated carbocycles. The number of anilines is 2. The molecule has 1 aliphatic heterocycles. The van der Waals surface area contributed by atoms with Crippen LogP contribution < -0.4 is 21.9 Å². The predicted molar refractivity (Wildman–Crippen MR) is 127 cm³/mol. The van der Waals surface area contributed by atoms with Gasteiger partial charge in [0.15, 0.2) is 5.69 Å². The lowest BCUT2D eigenvalue weighted by atomic mass is 10.1. The van der Waals surface area contributed by atoms with E-state index in [1.54, 1.807) is 12.1 Å². The molecular weight excluding hydrogens is 446 g/mol. The van der Waals surface area contributed by atoms with Crippen LogP contribution in [-0.2, 0) is 27.8 Å². The molecule has 180 valence electrons. The number of likely N-dealkylation sites (N-methyl/N-ethyl adjacent to an activating group) is 1. The van der Waals surface area contributed by atoms with Crippen LogP contribution in [0.3, 0.4) is 0 Å². The normalized spacial score (nSPS) is 14.8. The average molecular weight is 478 g/mol. The quantitative estimate of drug-likeness (QED) is 0.588. The summed E-state index contributed by atoms with van der Waals surface area (Å²) in [6, 6.07) is 6.19. The van der Waals surface area contributed by atoms with Crippen LogP contribution in [-0.4, -0.2) is 48.3 Å². The molecule has 2 heterocycles. The van der Waals surface area contributed by atoms with Crippen molar-refractivity contribution in [3.8, 4) is 0 Å². The molecular formula is C22H31N5O5S. The van der Waals surface area contributed by atoms with Crippen LogP contribution in [0.15, 0.2) is 38.8 Å². The van der Waals surface area contributed by atoms with Gasteiger partial charge in [-0.05, 0) is 37.0 Å². The first kappa shape index (κ1) is 24.7. The largest absolute Gasteiger partial charge is 0.383 e. The number of sulfonamides is 1. The van der Waals surface area contributed by atoms with Gasteiger partial charge < -0.3 is 10.6 Å². The Morgan fingerprint density at radius 1 is 1.12 bits per heavy atom. The number of carbonyl (C=O) groups is 1. The molecule has 0 bridgehead atoms. The van der Waals surface area contributed by atoms with Crippen LogP contribution in [0.1, 0.15) is 44.6 Å². The third kappa shape index (κ3) is 5.36. The molecule has 0 atom stereocenters. The van der Waals surface area contributed by atoms with Gasteiger partial charge in [-0.3, -0.25) is 19.1 Å². The highest BCUT2D eigenvalue weighted by molar-refractivity contribution is 7.89. The molecule has 1 aromatic heterocycles. The van der Waals surface area contributed by atoms with Gasteiger partial charge in [-0.2, -0.15) is 4.31 Å². The second-order valence-corrected chi connectivity index (χ2v) is 10.2. The fourth-order valence-electron chi connectivity index (χ4n) is 3.89. The van der Waals surface area contributed by atoms with Crippen LogP contribution >= 0.6 is 0 Å². The lowest BCUT2D eigenvalue weighted by molar-refractivity contribution is -0.117. The van der Waals surface area contributed by atoms with E-state index in [1.807, 2.05) is 6.92 Å². The Labute approximate surface area is 193 Å². The number of nitrogen functional groups attached to an aromatic ring is 1. The minimum Gasteiger partial charge on any atom is -0.383 e. The number of aromatic amines is 1. The van der Waals surface area contributed by atoms with Crippen molar-refractivity contribution in [3.63, 3.8) is 0 Å². The summed E-state index contributed by atoms with van der Waals surface area (Å²) < 4.78 is 28.3. The first-order chi connectivity index (χ1) is 15.7. The molecule has 1 amide bonds. The van der Waals surface area contributed by atoms with E-state index in [0.717, 1.165) is 30.6 Å². The maximum Gasteiger partial charge on any atom is 0.330 e. The Balaban J connectivity index is 1.78. The minimum atomic E-state index is -3.55. The van der Waals surface area contributed by atoms with E-state index in [1.165, 1.54) is 28.1 Å². The fourth-order valence-corrected chi connectivity index (χ4v) is 5.41. The number of nitrogens with two attached hydrogens (primary N) is 1. The van der Waals surface area contributed by atoms with Crippen molar-refractivity contribution in [1.82, 2.24) is 13.9 Å². The Kier molecular flexibility index (Phi) is 7.75. The number of hydrogen-bond acceptors (Lipinski definition) is 6. The van der Waals surface area contributed by atoms with Crippen LogP contribution in [0.5, 0.6) is 0 Å². The highest BCUT2D eigenvalue weighted by Gasteiger charge is 2.26. The summed E-state index contributed by atoms with van der Waals surface area (Å²) in [6.45, 7) is 3.33. The van der Waals surface area contributed by atoms with Gasteiger partial charge in [0, 0.05) is 26.7 Å². The Morgan fingerprint density at radius 2 is 1.76 bits per heavy atom. The van der Waals surface area contributed by atoms with Gasteiger partial charge in [-0.1, -0.05) is 31.9 Å². The topological polar surface area (TPSA) is 139 Å². The zero-order chi connectivity index (χ0) is 24.2. The summed E-state index contributed by atoms with van der Waals surface area (Å²) in [7, 11) is -2.13. The molecule has 0 spiro atoms. The molecule has 10 nitrogen and oxygen atoms in total. The third-order valence-corrected chi connectivity index (χ3v) is 7.80. The number of H-pyrrole nitrogens is 1. The first-order valence-corrected chi connectivity index (χ1v) is 12.6. The van der Waals surface area contributed by atoms with Crippen LogP contribution in [0, 0.1) is 0 Å². The number of amides is 1. The van der Waals surface area contributed by atoms with Crippen LogP contribution in [0.4, 0.5) is 11.5 Å². The molecule has 2 aromatic rings. The van der Waals surface area contributed by atoms with E-state index < -0.39 is 27.2 Å². The Hall–Kier alpha value is -2.92. The SMILES string of the molecule is CCCCn1c(N)c(N(C)C(=O)Cc2ccc(S(=O)(=O)N3CCCCC3)cc2)c(=O)[nH]c1=O. The number of rotatable bonds is 8.